The maximum atomic E-state index is 12.0. The Labute approximate surface area is 97.4 Å². The number of hydrogen-bond donors (Lipinski definition) is 3. The zero-order chi connectivity index (χ0) is 12.4. The average molecular weight is 230 g/mol. The molecule has 4 nitrogen and oxygen atoms in total. The second-order valence-electron chi connectivity index (χ2n) is 3.52. The molecular formula is C13H10O4. The molecule has 0 spiro atoms. The molecule has 86 valence electrons. The van der Waals surface area contributed by atoms with Crippen molar-refractivity contribution in [1.82, 2.24) is 0 Å². The van der Waals surface area contributed by atoms with Crippen LogP contribution in [0.3, 0.4) is 0 Å². The monoisotopic (exact) mass is 230 g/mol. The first-order valence-electron chi connectivity index (χ1n) is 4.95. The minimum atomic E-state index is -0.545. The van der Waals surface area contributed by atoms with Crippen molar-refractivity contribution in [2.75, 3.05) is 0 Å². The van der Waals surface area contributed by atoms with Gasteiger partial charge in [0, 0.05) is 0 Å². The maximum Gasteiger partial charge on any atom is 0.200 e. The summed E-state index contributed by atoms with van der Waals surface area (Å²) in [5, 5.41) is 28.4. The van der Waals surface area contributed by atoms with E-state index in [1.807, 2.05) is 0 Å². The normalized spacial score (nSPS) is 10.1. The van der Waals surface area contributed by atoms with Crippen LogP contribution in [0.1, 0.15) is 15.9 Å². The summed E-state index contributed by atoms with van der Waals surface area (Å²) in [6.45, 7) is 0. The highest BCUT2D eigenvalue weighted by molar-refractivity contribution is 6.12. The van der Waals surface area contributed by atoms with Gasteiger partial charge < -0.3 is 15.3 Å². The van der Waals surface area contributed by atoms with E-state index in [9.17, 15) is 20.1 Å². The molecule has 2 aromatic rings. The first kappa shape index (κ1) is 11.0. The third-order valence-corrected chi connectivity index (χ3v) is 2.41. The van der Waals surface area contributed by atoms with Gasteiger partial charge >= 0.3 is 0 Å². The van der Waals surface area contributed by atoms with E-state index in [0.717, 1.165) is 0 Å². The number of phenolic OH excluding ortho intramolecular Hbond substituents is 3. The van der Waals surface area contributed by atoms with Crippen molar-refractivity contribution in [3.63, 3.8) is 0 Å². The highest BCUT2D eigenvalue weighted by atomic mass is 16.3. The summed E-state index contributed by atoms with van der Waals surface area (Å²) in [6.07, 6.45) is 0. The second-order valence-corrected chi connectivity index (χ2v) is 3.52. The van der Waals surface area contributed by atoms with Crippen molar-refractivity contribution < 1.29 is 20.1 Å². The van der Waals surface area contributed by atoms with Crippen LogP contribution in [-0.4, -0.2) is 21.1 Å². The molecule has 0 saturated carbocycles. The van der Waals surface area contributed by atoms with E-state index in [-0.39, 0.29) is 22.6 Å². The van der Waals surface area contributed by atoms with Crippen LogP contribution in [0.5, 0.6) is 17.2 Å². The lowest BCUT2D eigenvalue weighted by Crippen LogP contribution is -2.01. The number of carbonyl (C=O) groups excluding carboxylic acids is 1. The van der Waals surface area contributed by atoms with E-state index in [2.05, 4.69) is 0 Å². The largest absolute Gasteiger partial charge is 0.507 e. The van der Waals surface area contributed by atoms with E-state index in [4.69, 9.17) is 0 Å². The van der Waals surface area contributed by atoms with Crippen LogP contribution < -0.4 is 0 Å². The molecule has 0 aliphatic rings. The second kappa shape index (κ2) is 4.17. The van der Waals surface area contributed by atoms with Crippen molar-refractivity contribution in [1.29, 1.82) is 0 Å². The summed E-state index contributed by atoms with van der Waals surface area (Å²) in [5.41, 5.74) is 0.0277. The lowest BCUT2D eigenvalue weighted by molar-refractivity contribution is 0.103. The first-order chi connectivity index (χ1) is 8.11. The summed E-state index contributed by atoms with van der Waals surface area (Å²) in [5.74, 6) is -1.57. The molecule has 0 aliphatic carbocycles. The van der Waals surface area contributed by atoms with Crippen molar-refractivity contribution >= 4 is 5.78 Å². The predicted molar refractivity (Wildman–Crippen MR) is 61.3 cm³/mol. The van der Waals surface area contributed by atoms with Crippen LogP contribution in [0, 0.1) is 0 Å². The van der Waals surface area contributed by atoms with Crippen LogP contribution in [0.2, 0.25) is 0 Å². The zero-order valence-corrected chi connectivity index (χ0v) is 8.79. The molecule has 0 atom stereocenters. The van der Waals surface area contributed by atoms with Gasteiger partial charge in [-0.05, 0) is 24.3 Å². The highest BCUT2D eigenvalue weighted by Crippen LogP contribution is 2.31. The molecule has 2 rings (SSSR count). The van der Waals surface area contributed by atoms with Crippen molar-refractivity contribution in [2.24, 2.45) is 0 Å². The van der Waals surface area contributed by atoms with E-state index < -0.39 is 11.5 Å². The number of para-hydroxylation sites is 2. The molecular weight excluding hydrogens is 220 g/mol. The van der Waals surface area contributed by atoms with Gasteiger partial charge in [-0.15, -0.1) is 0 Å². The van der Waals surface area contributed by atoms with Gasteiger partial charge in [0.2, 0.25) is 5.78 Å². The van der Waals surface area contributed by atoms with Gasteiger partial charge in [-0.3, -0.25) is 4.79 Å². The molecule has 0 radical (unpaired) electrons. The fourth-order valence-corrected chi connectivity index (χ4v) is 1.53. The lowest BCUT2D eigenvalue weighted by Gasteiger charge is -2.06. The highest BCUT2D eigenvalue weighted by Gasteiger charge is 2.18. The predicted octanol–water partition coefficient (Wildman–Crippen LogP) is 2.03. The average Bonchev–Trinajstić information content (AvgIpc) is 2.32. The molecule has 4 heteroatoms. The zero-order valence-electron chi connectivity index (χ0n) is 8.79. The van der Waals surface area contributed by atoms with Gasteiger partial charge in [-0.1, -0.05) is 18.2 Å². The van der Waals surface area contributed by atoms with Crippen LogP contribution in [-0.2, 0) is 0 Å². The number of benzene rings is 2. The van der Waals surface area contributed by atoms with E-state index in [1.54, 1.807) is 12.1 Å². The van der Waals surface area contributed by atoms with Gasteiger partial charge in [0.05, 0.1) is 11.1 Å². The molecule has 0 aliphatic heterocycles. The molecule has 0 aromatic heterocycles. The Morgan fingerprint density at radius 2 is 1.35 bits per heavy atom. The Morgan fingerprint density at radius 3 is 2.06 bits per heavy atom. The quantitative estimate of drug-likeness (QED) is 0.545. The summed E-state index contributed by atoms with van der Waals surface area (Å²) < 4.78 is 0. The number of rotatable bonds is 2. The molecule has 3 N–H and O–H groups in total. The number of ketones is 1. The summed E-state index contributed by atoms with van der Waals surface area (Å²) in [7, 11) is 0. The smallest absolute Gasteiger partial charge is 0.200 e. The van der Waals surface area contributed by atoms with Gasteiger partial charge in [-0.25, -0.2) is 0 Å². The SMILES string of the molecule is O=C(c1ccccc1O)c1cccc(O)c1O. The van der Waals surface area contributed by atoms with Crippen LogP contribution in [0.15, 0.2) is 42.5 Å². The van der Waals surface area contributed by atoms with E-state index in [1.165, 1.54) is 30.3 Å². The summed E-state index contributed by atoms with van der Waals surface area (Å²) in [4.78, 5) is 12.0. The Bertz CT molecular complexity index is 575. The van der Waals surface area contributed by atoms with Crippen molar-refractivity contribution in [2.45, 2.75) is 0 Å². The molecule has 0 unspecified atom stereocenters. The molecule has 0 heterocycles. The Morgan fingerprint density at radius 1 is 0.765 bits per heavy atom. The fraction of sp³-hybridized carbons (Fsp3) is 0. The molecule has 0 saturated heterocycles. The Kier molecular flexibility index (Phi) is 2.70. The number of carbonyl (C=O) groups is 1. The van der Waals surface area contributed by atoms with Gasteiger partial charge in [0.15, 0.2) is 11.5 Å². The van der Waals surface area contributed by atoms with Crippen LogP contribution >= 0.6 is 0 Å². The molecule has 0 bridgehead atoms. The lowest BCUT2D eigenvalue weighted by atomic mass is 10.0. The van der Waals surface area contributed by atoms with Gasteiger partial charge in [-0.2, -0.15) is 0 Å². The Hall–Kier alpha value is -2.49. The van der Waals surface area contributed by atoms with Crippen molar-refractivity contribution in [3.8, 4) is 17.2 Å². The minimum Gasteiger partial charge on any atom is -0.507 e. The van der Waals surface area contributed by atoms with Gasteiger partial charge in [0.1, 0.15) is 5.75 Å². The van der Waals surface area contributed by atoms with E-state index >= 15 is 0 Å². The molecule has 0 amide bonds. The maximum absolute atomic E-state index is 12.0. The minimum absolute atomic E-state index is 0.0495. The number of aromatic hydroxyl groups is 3. The Balaban J connectivity index is 2.52. The molecule has 17 heavy (non-hydrogen) atoms. The summed E-state index contributed by atoms with van der Waals surface area (Å²) in [6, 6.07) is 10.1. The summed E-state index contributed by atoms with van der Waals surface area (Å²) >= 11 is 0. The van der Waals surface area contributed by atoms with Gasteiger partial charge in [0.25, 0.3) is 0 Å². The van der Waals surface area contributed by atoms with Crippen LogP contribution in [0.25, 0.3) is 0 Å². The number of hydrogen-bond acceptors (Lipinski definition) is 4. The third-order valence-electron chi connectivity index (χ3n) is 2.41. The third kappa shape index (κ3) is 1.92. The number of phenols is 3. The molecule has 2 aromatic carbocycles. The standard InChI is InChI=1S/C13H10O4/c14-10-6-2-1-4-8(10)12(16)9-5-3-7-11(15)13(9)17/h1-7,14-15,17H. The topological polar surface area (TPSA) is 77.8 Å². The molecule has 0 fully saturated rings. The first-order valence-corrected chi connectivity index (χ1v) is 4.95. The van der Waals surface area contributed by atoms with Crippen molar-refractivity contribution in [3.05, 3.63) is 53.6 Å². The fourth-order valence-electron chi connectivity index (χ4n) is 1.53. The van der Waals surface area contributed by atoms with Crippen LogP contribution in [0.4, 0.5) is 0 Å². The van der Waals surface area contributed by atoms with E-state index in [0.29, 0.717) is 0 Å².